The molecule has 0 bridgehead atoms. The lowest BCUT2D eigenvalue weighted by atomic mass is 9.73. The zero-order valence-electron chi connectivity index (χ0n) is 10.9. The molecule has 0 radical (unpaired) electrons. The molecule has 1 heterocycles. The summed E-state index contributed by atoms with van der Waals surface area (Å²) in [7, 11) is 1.75. The van der Waals surface area contributed by atoms with E-state index in [2.05, 4.69) is 29.3 Å². The SMILES string of the molecule is CC(C)C1CCC(O)(Cc2nnn(C)n2)CC1. The molecule has 1 aromatic rings. The number of rotatable bonds is 3. The Labute approximate surface area is 102 Å². The first kappa shape index (κ1) is 12.5. The van der Waals surface area contributed by atoms with E-state index in [1.807, 2.05) is 0 Å². The van der Waals surface area contributed by atoms with Gasteiger partial charge in [-0.05, 0) is 42.7 Å². The molecule has 0 aromatic carbocycles. The minimum absolute atomic E-state index is 0.533. The molecule has 0 atom stereocenters. The first-order valence-electron chi connectivity index (χ1n) is 6.44. The van der Waals surface area contributed by atoms with Crippen LogP contribution in [0.15, 0.2) is 0 Å². The maximum absolute atomic E-state index is 10.5. The highest BCUT2D eigenvalue weighted by Crippen LogP contribution is 2.37. The van der Waals surface area contributed by atoms with Crippen LogP contribution in [0.4, 0.5) is 0 Å². The van der Waals surface area contributed by atoms with Crippen LogP contribution in [0.5, 0.6) is 0 Å². The Morgan fingerprint density at radius 1 is 1.41 bits per heavy atom. The highest BCUT2D eigenvalue weighted by Gasteiger charge is 2.35. The van der Waals surface area contributed by atoms with Crippen LogP contribution in [0.2, 0.25) is 0 Å². The molecular weight excluding hydrogens is 216 g/mol. The molecule has 0 aliphatic heterocycles. The first-order chi connectivity index (χ1) is 7.98. The number of nitrogens with zero attached hydrogens (tertiary/aromatic N) is 4. The monoisotopic (exact) mass is 238 g/mol. The molecule has 0 amide bonds. The van der Waals surface area contributed by atoms with Crippen molar-refractivity contribution in [2.75, 3.05) is 0 Å². The van der Waals surface area contributed by atoms with Gasteiger partial charge in [-0.25, -0.2) is 0 Å². The third-order valence-electron chi connectivity index (χ3n) is 3.94. The summed E-state index contributed by atoms with van der Waals surface area (Å²) >= 11 is 0. The Hall–Kier alpha value is -0.970. The second kappa shape index (κ2) is 4.72. The molecule has 5 heteroatoms. The Bertz CT molecular complexity index is 366. The third kappa shape index (κ3) is 3.03. The third-order valence-corrected chi connectivity index (χ3v) is 3.94. The zero-order chi connectivity index (χ0) is 12.5. The van der Waals surface area contributed by atoms with Crippen molar-refractivity contribution in [3.8, 4) is 0 Å². The van der Waals surface area contributed by atoms with Crippen LogP contribution in [-0.4, -0.2) is 30.9 Å². The largest absolute Gasteiger partial charge is 0.389 e. The van der Waals surface area contributed by atoms with E-state index in [1.54, 1.807) is 7.05 Å². The van der Waals surface area contributed by atoms with E-state index in [9.17, 15) is 5.11 Å². The summed E-state index contributed by atoms with van der Waals surface area (Å²) in [6, 6.07) is 0. The van der Waals surface area contributed by atoms with Gasteiger partial charge in [0.2, 0.25) is 0 Å². The molecule has 1 N–H and O–H groups in total. The van der Waals surface area contributed by atoms with Crippen molar-refractivity contribution in [3.63, 3.8) is 0 Å². The van der Waals surface area contributed by atoms with E-state index in [-0.39, 0.29) is 0 Å². The van der Waals surface area contributed by atoms with Gasteiger partial charge in [0.25, 0.3) is 0 Å². The van der Waals surface area contributed by atoms with Gasteiger partial charge in [-0.3, -0.25) is 0 Å². The lowest BCUT2D eigenvalue weighted by molar-refractivity contribution is -0.0161. The molecule has 0 spiro atoms. The second-order valence-corrected chi connectivity index (χ2v) is 5.68. The number of hydrogen-bond acceptors (Lipinski definition) is 4. The van der Waals surface area contributed by atoms with Crippen LogP contribution < -0.4 is 0 Å². The summed E-state index contributed by atoms with van der Waals surface area (Å²) in [4.78, 5) is 1.44. The number of aryl methyl sites for hydroxylation is 1. The summed E-state index contributed by atoms with van der Waals surface area (Å²) in [6.07, 6.45) is 4.46. The molecule has 17 heavy (non-hydrogen) atoms. The summed E-state index contributed by atoms with van der Waals surface area (Å²) < 4.78 is 0. The maximum Gasteiger partial charge on any atom is 0.177 e. The fourth-order valence-electron chi connectivity index (χ4n) is 2.71. The molecule has 1 aliphatic rings. The predicted molar refractivity (Wildman–Crippen MR) is 64.2 cm³/mol. The number of tetrazole rings is 1. The summed E-state index contributed by atoms with van der Waals surface area (Å²) in [5.41, 5.74) is -0.617. The molecule has 96 valence electrons. The molecule has 5 nitrogen and oxygen atoms in total. The summed E-state index contributed by atoms with van der Waals surface area (Å²) in [6.45, 7) is 4.53. The van der Waals surface area contributed by atoms with E-state index in [1.165, 1.54) is 4.80 Å². The molecule has 1 aliphatic carbocycles. The van der Waals surface area contributed by atoms with Crippen LogP contribution in [0, 0.1) is 11.8 Å². The molecule has 0 unspecified atom stereocenters. The zero-order valence-corrected chi connectivity index (χ0v) is 10.9. The molecular formula is C12H22N4O. The lowest BCUT2D eigenvalue weighted by Crippen LogP contribution is -2.37. The van der Waals surface area contributed by atoms with Gasteiger partial charge in [-0.1, -0.05) is 13.8 Å². The van der Waals surface area contributed by atoms with Crippen LogP contribution in [0.1, 0.15) is 45.4 Å². The van der Waals surface area contributed by atoms with Crippen molar-refractivity contribution < 1.29 is 5.11 Å². The van der Waals surface area contributed by atoms with E-state index in [0.717, 1.165) is 31.6 Å². The average Bonchev–Trinajstić information content (AvgIpc) is 2.63. The van der Waals surface area contributed by atoms with E-state index < -0.39 is 5.60 Å². The van der Waals surface area contributed by atoms with Crippen LogP contribution in [0.3, 0.4) is 0 Å². The topological polar surface area (TPSA) is 63.8 Å². The fourth-order valence-corrected chi connectivity index (χ4v) is 2.71. The van der Waals surface area contributed by atoms with Gasteiger partial charge in [-0.15, -0.1) is 10.2 Å². The van der Waals surface area contributed by atoms with E-state index in [4.69, 9.17) is 0 Å². The molecule has 0 saturated heterocycles. The van der Waals surface area contributed by atoms with Gasteiger partial charge in [-0.2, -0.15) is 4.80 Å². The standard InChI is InChI=1S/C12H22N4O/c1-9(2)10-4-6-12(17,7-5-10)8-11-13-15-16(3)14-11/h9-10,17H,4-8H2,1-3H3. The van der Waals surface area contributed by atoms with Gasteiger partial charge in [0, 0.05) is 6.42 Å². The maximum atomic E-state index is 10.5. The van der Waals surface area contributed by atoms with Gasteiger partial charge in [0.1, 0.15) is 0 Å². The number of hydrogen-bond donors (Lipinski definition) is 1. The fraction of sp³-hybridized carbons (Fsp3) is 0.917. The Morgan fingerprint density at radius 2 is 2.06 bits per heavy atom. The minimum atomic E-state index is -0.617. The number of aromatic nitrogens is 4. The quantitative estimate of drug-likeness (QED) is 0.863. The van der Waals surface area contributed by atoms with Crippen molar-refractivity contribution in [2.24, 2.45) is 18.9 Å². The van der Waals surface area contributed by atoms with Crippen molar-refractivity contribution in [2.45, 2.75) is 51.6 Å². The Morgan fingerprint density at radius 3 is 2.53 bits per heavy atom. The lowest BCUT2D eigenvalue weighted by Gasteiger charge is -2.36. The molecule has 2 rings (SSSR count). The Kier molecular flexibility index (Phi) is 3.47. The smallest absolute Gasteiger partial charge is 0.177 e. The summed E-state index contributed by atoms with van der Waals surface area (Å²) in [5, 5.41) is 22.4. The van der Waals surface area contributed by atoms with E-state index >= 15 is 0 Å². The van der Waals surface area contributed by atoms with Gasteiger partial charge in [0.15, 0.2) is 5.82 Å². The normalized spacial score (nSPS) is 29.8. The van der Waals surface area contributed by atoms with Crippen LogP contribution in [-0.2, 0) is 13.5 Å². The van der Waals surface area contributed by atoms with E-state index in [0.29, 0.717) is 18.2 Å². The minimum Gasteiger partial charge on any atom is -0.389 e. The van der Waals surface area contributed by atoms with Crippen molar-refractivity contribution in [1.29, 1.82) is 0 Å². The van der Waals surface area contributed by atoms with Gasteiger partial charge in [0.05, 0.1) is 12.6 Å². The summed E-state index contributed by atoms with van der Waals surface area (Å²) in [5.74, 6) is 2.12. The second-order valence-electron chi connectivity index (χ2n) is 5.68. The average molecular weight is 238 g/mol. The van der Waals surface area contributed by atoms with Crippen molar-refractivity contribution in [1.82, 2.24) is 20.2 Å². The molecule has 1 saturated carbocycles. The Balaban J connectivity index is 1.93. The first-order valence-corrected chi connectivity index (χ1v) is 6.44. The van der Waals surface area contributed by atoms with Gasteiger partial charge < -0.3 is 5.11 Å². The van der Waals surface area contributed by atoms with Gasteiger partial charge >= 0.3 is 0 Å². The van der Waals surface area contributed by atoms with Crippen LogP contribution in [0.25, 0.3) is 0 Å². The molecule has 1 aromatic heterocycles. The predicted octanol–water partition coefficient (Wildman–Crippen LogP) is 1.33. The van der Waals surface area contributed by atoms with Crippen LogP contribution >= 0.6 is 0 Å². The van der Waals surface area contributed by atoms with Crippen molar-refractivity contribution in [3.05, 3.63) is 5.82 Å². The highest BCUT2D eigenvalue weighted by atomic mass is 16.3. The number of aliphatic hydroxyl groups is 1. The molecule has 1 fully saturated rings. The van der Waals surface area contributed by atoms with Crippen molar-refractivity contribution >= 4 is 0 Å². The highest BCUT2D eigenvalue weighted by molar-refractivity contribution is 4.94.